The normalized spacial score (nSPS) is 10.4. The van der Waals surface area contributed by atoms with Crippen molar-refractivity contribution in [2.45, 2.75) is 6.61 Å². The van der Waals surface area contributed by atoms with E-state index in [0.717, 1.165) is 5.75 Å². The van der Waals surface area contributed by atoms with Crippen LogP contribution in [0.15, 0.2) is 53.1 Å². The summed E-state index contributed by atoms with van der Waals surface area (Å²) in [5.74, 6) is 2.03. The predicted molar refractivity (Wildman–Crippen MR) is 83.7 cm³/mol. The Hall–Kier alpha value is -3.42. The molecule has 2 aromatic carbocycles. The van der Waals surface area contributed by atoms with Crippen molar-refractivity contribution in [2.24, 2.45) is 0 Å². The van der Waals surface area contributed by atoms with Crippen molar-refractivity contribution < 1.29 is 18.9 Å². The highest BCUT2D eigenvalue weighted by atomic mass is 16.6. The van der Waals surface area contributed by atoms with Gasteiger partial charge in [-0.15, -0.1) is 0 Å². The molecule has 0 aliphatic carbocycles. The minimum Gasteiger partial charge on any atom is -0.497 e. The van der Waals surface area contributed by atoms with E-state index in [9.17, 15) is 10.1 Å². The number of hydrogen-bond acceptors (Lipinski definition) is 7. The molecule has 0 spiro atoms. The van der Waals surface area contributed by atoms with Crippen LogP contribution in [0, 0.1) is 10.1 Å². The third-order valence-corrected chi connectivity index (χ3v) is 3.23. The number of methoxy groups -OCH3 is 1. The summed E-state index contributed by atoms with van der Waals surface area (Å²) in [4.78, 5) is 14.4. The Morgan fingerprint density at radius 1 is 1.08 bits per heavy atom. The fraction of sp³-hybridized carbons (Fsp3) is 0.125. The second-order valence-corrected chi connectivity index (χ2v) is 4.78. The Morgan fingerprint density at radius 3 is 2.38 bits per heavy atom. The highest BCUT2D eigenvalue weighted by Gasteiger charge is 2.11. The van der Waals surface area contributed by atoms with Gasteiger partial charge in [-0.2, -0.15) is 4.98 Å². The van der Waals surface area contributed by atoms with Gasteiger partial charge in [-0.05, 0) is 36.4 Å². The minimum atomic E-state index is -0.464. The number of hydrogen-bond donors (Lipinski definition) is 0. The Labute approximate surface area is 136 Å². The zero-order valence-corrected chi connectivity index (χ0v) is 12.7. The van der Waals surface area contributed by atoms with Crippen LogP contribution in [0.3, 0.4) is 0 Å². The van der Waals surface area contributed by atoms with Crippen LogP contribution in [-0.2, 0) is 6.61 Å². The summed E-state index contributed by atoms with van der Waals surface area (Å²) in [6.07, 6.45) is 0. The van der Waals surface area contributed by atoms with Crippen molar-refractivity contribution in [3.05, 3.63) is 64.5 Å². The zero-order valence-electron chi connectivity index (χ0n) is 12.7. The van der Waals surface area contributed by atoms with E-state index in [-0.39, 0.29) is 12.3 Å². The number of non-ortho nitro benzene ring substituents is 1. The number of nitro benzene ring substituents is 1. The summed E-state index contributed by atoms with van der Waals surface area (Å²) in [7, 11) is 1.59. The molecule has 8 heteroatoms. The smallest absolute Gasteiger partial charge is 0.269 e. The van der Waals surface area contributed by atoms with E-state index in [4.69, 9.17) is 14.0 Å². The zero-order chi connectivity index (χ0) is 16.9. The maximum atomic E-state index is 10.6. The molecule has 0 saturated carbocycles. The number of ether oxygens (including phenoxy) is 2. The molecule has 0 amide bonds. The Morgan fingerprint density at radius 2 is 1.75 bits per heavy atom. The second-order valence-electron chi connectivity index (χ2n) is 4.78. The molecule has 0 atom stereocenters. The lowest BCUT2D eigenvalue weighted by Gasteiger charge is -2.04. The van der Waals surface area contributed by atoms with Gasteiger partial charge in [0.15, 0.2) is 6.61 Å². The number of aromatic nitrogens is 2. The van der Waals surface area contributed by atoms with Crippen LogP contribution < -0.4 is 9.47 Å². The summed E-state index contributed by atoms with van der Waals surface area (Å²) < 4.78 is 15.7. The predicted octanol–water partition coefficient (Wildman–Crippen LogP) is 3.23. The van der Waals surface area contributed by atoms with E-state index < -0.39 is 4.92 Å². The first-order valence-corrected chi connectivity index (χ1v) is 7.00. The van der Waals surface area contributed by atoms with Gasteiger partial charge in [-0.25, -0.2) is 0 Å². The van der Waals surface area contributed by atoms with Crippen LogP contribution in [0.2, 0.25) is 0 Å². The molecule has 0 fully saturated rings. The summed E-state index contributed by atoms with van der Waals surface area (Å²) in [6, 6.07) is 13.0. The minimum absolute atomic E-state index is 0.00491. The summed E-state index contributed by atoms with van der Waals surface area (Å²) in [5, 5.41) is 14.5. The molecular formula is C16H13N3O5. The Kier molecular flexibility index (Phi) is 4.37. The first-order chi connectivity index (χ1) is 11.7. The largest absolute Gasteiger partial charge is 0.497 e. The van der Waals surface area contributed by atoms with Gasteiger partial charge in [-0.3, -0.25) is 10.1 Å². The molecule has 3 aromatic rings. The molecule has 0 aliphatic rings. The number of rotatable bonds is 6. The van der Waals surface area contributed by atoms with Crippen molar-refractivity contribution in [1.29, 1.82) is 0 Å². The molecule has 122 valence electrons. The molecule has 0 radical (unpaired) electrons. The molecule has 1 aromatic heterocycles. The van der Waals surface area contributed by atoms with E-state index in [0.29, 0.717) is 23.0 Å². The van der Waals surface area contributed by atoms with Crippen molar-refractivity contribution in [1.82, 2.24) is 10.1 Å². The molecule has 0 unspecified atom stereocenters. The van der Waals surface area contributed by atoms with Crippen molar-refractivity contribution in [2.75, 3.05) is 7.11 Å². The van der Waals surface area contributed by atoms with Crippen LogP contribution in [0.25, 0.3) is 11.4 Å². The Bertz CT molecular complexity index is 828. The quantitative estimate of drug-likeness (QED) is 0.506. The molecule has 8 nitrogen and oxygen atoms in total. The third-order valence-electron chi connectivity index (χ3n) is 3.23. The van der Waals surface area contributed by atoms with Crippen molar-refractivity contribution in [3.8, 4) is 22.9 Å². The first kappa shape index (κ1) is 15.5. The van der Waals surface area contributed by atoms with E-state index >= 15 is 0 Å². The molecule has 0 N–H and O–H groups in total. The fourth-order valence-corrected chi connectivity index (χ4v) is 1.98. The second kappa shape index (κ2) is 6.78. The molecule has 24 heavy (non-hydrogen) atoms. The first-order valence-electron chi connectivity index (χ1n) is 7.00. The highest BCUT2D eigenvalue weighted by Crippen LogP contribution is 2.21. The third kappa shape index (κ3) is 3.49. The van der Waals surface area contributed by atoms with Crippen LogP contribution in [-0.4, -0.2) is 22.2 Å². The van der Waals surface area contributed by atoms with E-state index in [1.54, 1.807) is 43.5 Å². The molecule has 0 aliphatic heterocycles. The van der Waals surface area contributed by atoms with Gasteiger partial charge >= 0.3 is 0 Å². The van der Waals surface area contributed by atoms with Crippen LogP contribution >= 0.6 is 0 Å². The van der Waals surface area contributed by atoms with Gasteiger partial charge in [0.1, 0.15) is 11.5 Å². The average molecular weight is 327 g/mol. The van der Waals surface area contributed by atoms with Gasteiger partial charge in [-0.1, -0.05) is 5.16 Å². The lowest BCUT2D eigenvalue weighted by molar-refractivity contribution is -0.384. The van der Waals surface area contributed by atoms with E-state index in [1.165, 1.54) is 12.1 Å². The summed E-state index contributed by atoms with van der Waals surface area (Å²) in [5.41, 5.74) is 0.630. The van der Waals surface area contributed by atoms with E-state index in [2.05, 4.69) is 10.1 Å². The van der Waals surface area contributed by atoms with Gasteiger partial charge in [0, 0.05) is 17.7 Å². The van der Waals surface area contributed by atoms with Crippen molar-refractivity contribution in [3.63, 3.8) is 0 Å². The maximum Gasteiger partial charge on any atom is 0.269 e. The number of benzene rings is 2. The van der Waals surface area contributed by atoms with Crippen LogP contribution in [0.1, 0.15) is 5.89 Å². The molecular weight excluding hydrogens is 314 g/mol. The number of nitro groups is 1. The topological polar surface area (TPSA) is 101 Å². The lowest BCUT2D eigenvalue weighted by Crippen LogP contribution is -1.95. The molecule has 1 heterocycles. The highest BCUT2D eigenvalue weighted by molar-refractivity contribution is 5.56. The van der Waals surface area contributed by atoms with Gasteiger partial charge < -0.3 is 14.0 Å². The molecule has 0 bridgehead atoms. The molecule has 0 saturated heterocycles. The lowest BCUT2D eigenvalue weighted by atomic mass is 10.2. The standard InChI is InChI=1S/C16H13N3O5/c1-22-13-6-8-14(9-7-13)23-10-15-17-16(18-24-15)11-2-4-12(5-3-11)19(20)21/h2-9H,10H2,1H3. The number of nitrogens with zero attached hydrogens (tertiary/aromatic N) is 3. The monoisotopic (exact) mass is 327 g/mol. The SMILES string of the molecule is COc1ccc(OCc2nc(-c3ccc([N+](=O)[O-])cc3)no2)cc1. The summed E-state index contributed by atoms with van der Waals surface area (Å²) >= 11 is 0. The molecule has 3 rings (SSSR count). The van der Waals surface area contributed by atoms with Crippen molar-refractivity contribution >= 4 is 5.69 Å². The van der Waals surface area contributed by atoms with Crippen LogP contribution in [0.4, 0.5) is 5.69 Å². The van der Waals surface area contributed by atoms with Crippen LogP contribution in [0.5, 0.6) is 11.5 Å². The Balaban J connectivity index is 1.65. The maximum absolute atomic E-state index is 10.6. The summed E-state index contributed by atoms with van der Waals surface area (Å²) in [6.45, 7) is 0.117. The van der Waals surface area contributed by atoms with E-state index in [1.807, 2.05) is 0 Å². The van der Waals surface area contributed by atoms with Gasteiger partial charge in [0.25, 0.3) is 11.6 Å². The van der Waals surface area contributed by atoms with Gasteiger partial charge in [0.2, 0.25) is 5.82 Å². The fourth-order valence-electron chi connectivity index (χ4n) is 1.98. The average Bonchev–Trinajstić information content (AvgIpc) is 3.09. The van der Waals surface area contributed by atoms with Gasteiger partial charge in [0.05, 0.1) is 12.0 Å².